The molecular formula is C12H19NOS. The quantitative estimate of drug-likeness (QED) is 0.807. The van der Waals surface area contributed by atoms with E-state index in [0.29, 0.717) is 12.0 Å². The summed E-state index contributed by atoms with van der Waals surface area (Å²) in [7, 11) is 0. The van der Waals surface area contributed by atoms with Gasteiger partial charge >= 0.3 is 0 Å². The maximum atomic E-state index is 9.84. The van der Waals surface area contributed by atoms with Gasteiger partial charge in [0.1, 0.15) is 6.10 Å². The maximum Gasteiger partial charge on any atom is 0.101 e. The van der Waals surface area contributed by atoms with Gasteiger partial charge in [-0.2, -0.15) is 0 Å². The van der Waals surface area contributed by atoms with Crippen molar-refractivity contribution >= 4 is 11.3 Å². The van der Waals surface area contributed by atoms with E-state index < -0.39 is 0 Å². The lowest BCUT2D eigenvalue weighted by atomic mass is 9.70. The van der Waals surface area contributed by atoms with Gasteiger partial charge in [-0.3, -0.25) is 0 Å². The Bertz CT molecular complexity index is 293. The van der Waals surface area contributed by atoms with Gasteiger partial charge < -0.3 is 10.4 Å². The standard InChI is InChI=1S/C12H19NOS/c1-12(5-3-6-12)9-13-8-10(14)11-4-2-7-15-11/h2,4,7,10,13-14H,3,5-6,8-9H2,1H3. The highest BCUT2D eigenvalue weighted by Crippen LogP contribution is 2.39. The summed E-state index contributed by atoms with van der Waals surface area (Å²) in [5.74, 6) is 0. The fourth-order valence-electron chi connectivity index (χ4n) is 2.05. The smallest absolute Gasteiger partial charge is 0.101 e. The number of rotatable bonds is 5. The molecule has 1 aromatic rings. The Balaban J connectivity index is 1.69. The van der Waals surface area contributed by atoms with E-state index in [1.807, 2.05) is 17.5 Å². The van der Waals surface area contributed by atoms with Crippen LogP contribution in [0.3, 0.4) is 0 Å². The van der Waals surface area contributed by atoms with Crippen molar-refractivity contribution in [3.63, 3.8) is 0 Å². The Morgan fingerprint density at radius 1 is 1.60 bits per heavy atom. The van der Waals surface area contributed by atoms with Crippen LogP contribution in [0.1, 0.15) is 37.2 Å². The van der Waals surface area contributed by atoms with Gasteiger partial charge in [-0.1, -0.05) is 19.4 Å². The summed E-state index contributed by atoms with van der Waals surface area (Å²) in [6, 6.07) is 3.97. The largest absolute Gasteiger partial charge is 0.386 e. The van der Waals surface area contributed by atoms with Gasteiger partial charge in [0.2, 0.25) is 0 Å². The molecule has 0 saturated heterocycles. The van der Waals surface area contributed by atoms with E-state index in [0.717, 1.165) is 11.4 Å². The first kappa shape index (κ1) is 11.1. The van der Waals surface area contributed by atoms with Crippen LogP contribution in [0.25, 0.3) is 0 Å². The zero-order valence-corrected chi connectivity index (χ0v) is 10.0. The summed E-state index contributed by atoms with van der Waals surface area (Å²) >= 11 is 1.62. The molecule has 0 radical (unpaired) electrons. The van der Waals surface area contributed by atoms with E-state index in [1.165, 1.54) is 19.3 Å². The molecule has 2 rings (SSSR count). The SMILES string of the molecule is CC1(CNCC(O)c2cccs2)CCC1. The summed E-state index contributed by atoms with van der Waals surface area (Å²) in [6.07, 6.45) is 3.68. The molecule has 0 spiro atoms. The molecular weight excluding hydrogens is 206 g/mol. The Morgan fingerprint density at radius 2 is 2.40 bits per heavy atom. The molecule has 0 aromatic carbocycles. The van der Waals surface area contributed by atoms with Gasteiger partial charge in [0.25, 0.3) is 0 Å². The van der Waals surface area contributed by atoms with Crippen LogP contribution in [-0.2, 0) is 0 Å². The van der Waals surface area contributed by atoms with Gasteiger partial charge in [-0.25, -0.2) is 0 Å². The third-order valence-electron chi connectivity index (χ3n) is 3.32. The molecule has 84 valence electrons. The number of hydrogen-bond acceptors (Lipinski definition) is 3. The third-order valence-corrected chi connectivity index (χ3v) is 4.30. The molecule has 2 nitrogen and oxygen atoms in total. The maximum absolute atomic E-state index is 9.84. The van der Waals surface area contributed by atoms with Crippen molar-refractivity contribution in [1.29, 1.82) is 0 Å². The van der Waals surface area contributed by atoms with Crippen LogP contribution in [0.5, 0.6) is 0 Å². The molecule has 1 fully saturated rings. The molecule has 15 heavy (non-hydrogen) atoms. The first-order valence-corrected chi connectivity index (χ1v) is 6.50. The first-order chi connectivity index (χ1) is 7.20. The Morgan fingerprint density at radius 3 is 2.93 bits per heavy atom. The number of aliphatic hydroxyl groups is 1. The number of aliphatic hydroxyl groups excluding tert-OH is 1. The van der Waals surface area contributed by atoms with Crippen molar-refractivity contribution < 1.29 is 5.11 Å². The number of thiophene rings is 1. The zero-order valence-electron chi connectivity index (χ0n) is 9.20. The zero-order chi connectivity index (χ0) is 10.7. The monoisotopic (exact) mass is 225 g/mol. The molecule has 1 aliphatic carbocycles. The second-order valence-corrected chi connectivity index (χ2v) is 5.81. The Kier molecular flexibility index (Phi) is 3.44. The average molecular weight is 225 g/mol. The molecule has 0 aliphatic heterocycles. The van der Waals surface area contributed by atoms with Gasteiger partial charge in [-0.05, 0) is 29.7 Å². The van der Waals surface area contributed by atoms with E-state index in [4.69, 9.17) is 0 Å². The van der Waals surface area contributed by atoms with Crippen LogP contribution < -0.4 is 5.32 Å². The van der Waals surface area contributed by atoms with Crippen molar-refractivity contribution in [2.75, 3.05) is 13.1 Å². The average Bonchev–Trinajstić information content (AvgIpc) is 2.67. The summed E-state index contributed by atoms with van der Waals surface area (Å²) in [4.78, 5) is 1.06. The van der Waals surface area contributed by atoms with Gasteiger partial charge in [0, 0.05) is 18.0 Å². The van der Waals surface area contributed by atoms with Crippen LogP contribution in [0.2, 0.25) is 0 Å². The summed E-state index contributed by atoms with van der Waals surface area (Å²) in [5.41, 5.74) is 0.495. The number of nitrogens with one attached hydrogen (secondary N) is 1. The molecule has 1 heterocycles. The second-order valence-electron chi connectivity index (χ2n) is 4.83. The van der Waals surface area contributed by atoms with Crippen LogP contribution in [0.4, 0.5) is 0 Å². The van der Waals surface area contributed by atoms with Crippen molar-refractivity contribution in [3.8, 4) is 0 Å². The third kappa shape index (κ3) is 2.80. The molecule has 1 unspecified atom stereocenters. The second kappa shape index (κ2) is 4.64. The fraction of sp³-hybridized carbons (Fsp3) is 0.667. The van der Waals surface area contributed by atoms with E-state index >= 15 is 0 Å². The first-order valence-electron chi connectivity index (χ1n) is 5.62. The fourth-order valence-corrected chi connectivity index (χ4v) is 2.76. The van der Waals surface area contributed by atoms with Crippen molar-refractivity contribution in [1.82, 2.24) is 5.32 Å². The summed E-state index contributed by atoms with van der Waals surface area (Å²) in [6.45, 7) is 4.03. The lowest BCUT2D eigenvalue weighted by molar-refractivity contribution is 0.134. The molecule has 2 N–H and O–H groups in total. The molecule has 1 aromatic heterocycles. The van der Waals surface area contributed by atoms with E-state index in [1.54, 1.807) is 11.3 Å². The van der Waals surface area contributed by atoms with Crippen molar-refractivity contribution in [2.45, 2.75) is 32.3 Å². The summed E-state index contributed by atoms with van der Waals surface area (Å²) in [5, 5.41) is 15.2. The Hall–Kier alpha value is -0.380. The van der Waals surface area contributed by atoms with Crippen molar-refractivity contribution in [2.24, 2.45) is 5.41 Å². The minimum atomic E-state index is -0.339. The normalized spacial score (nSPS) is 20.9. The highest BCUT2D eigenvalue weighted by molar-refractivity contribution is 7.10. The lowest BCUT2D eigenvalue weighted by Gasteiger charge is -2.38. The lowest BCUT2D eigenvalue weighted by Crippen LogP contribution is -2.38. The van der Waals surface area contributed by atoms with Crippen LogP contribution in [0.15, 0.2) is 17.5 Å². The van der Waals surface area contributed by atoms with Gasteiger partial charge in [0.05, 0.1) is 0 Å². The van der Waals surface area contributed by atoms with Crippen LogP contribution in [0, 0.1) is 5.41 Å². The highest BCUT2D eigenvalue weighted by Gasteiger charge is 2.31. The van der Waals surface area contributed by atoms with E-state index in [-0.39, 0.29) is 6.10 Å². The van der Waals surface area contributed by atoms with Crippen molar-refractivity contribution in [3.05, 3.63) is 22.4 Å². The van der Waals surface area contributed by atoms with Crippen LogP contribution in [-0.4, -0.2) is 18.2 Å². The topological polar surface area (TPSA) is 32.3 Å². The molecule has 1 atom stereocenters. The molecule has 0 bridgehead atoms. The van der Waals surface area contributed by atoms with Gasteiger partial charge in [-0.15, -0.1) is 11.3 Å². The minimum absolute atomic E-state index is 0.339. The molecule has 1 aliphatic rings. The highest BCUT2D eigenvalue weighted by atomic mass is 32.1. The minimum Gasteiger partial charge on any atom is -0.386 e. The predicted octanol–water partition coefficient (Wildman–Crippen LogP) is 2.56. The predicted molar refractivity (Wildman–Crippen MR) is 64.1 cm³/mol. The molecule has 0 amide bonds. The Labute approximate surface area is 95.3 Å². The van der Waals surface area contributed by atoms with E-state index in [2.05, 4.69) is 12.2 Å². The van der Waals surface area contributed by atoms with E-state index in [9.17, 15) is 5.11 Å². The molecule has 1 saturated carbocycles. The van der Waals surface area contributed by atoms with Gasteiger partial charge in [0.15, 0.2) is 0 Å². The number of hydrogen-bond donors (Lipinski definition) is 2. The van der Waals surface area contributed by atoms with Crippen LogP contribution >= 0.6 is 11.3 Å². The summed E-state index contributed by atoms with van der Waals surface area (Å²) < 4.78 is 0. The molecule has 3 heteroatoms.